The van der Waals surface area contributed by atoms with Crippen LogP contribution >= 0.6 is 0 Å². The summed E-state index contributed by atoms with van der Waals surface area (Å²) in [6, 6.07) is 9.99. The zero-order valence-electron chi connectivity index (χ0n) is 8.89. The summed E-state index contributed by atoms with van der Waals surface area (Å²) in [7, 11) is 0. The summed E-state index contributed by atoms with van der Waals surface area (Å²) in [5.74, 6) is -0.516. The van der Waals surface area contributed by atoms with Crippen LogP contribution in [0.3, 0.4) is 0 Å². The molecule has 0 saturated heterocycles. The van der Waals surface area contributed by atoms with E-state index in [0.717, 1.165) is 5.56 Å². The third kappa shape index (κ3) is 2.32. The van der Waals surface area contributed by atoms with Crippen molar-refractivity contribution in [3.8, 4) is 12.1 Å². The summed E-state index contributed by atoms with van der Waals surface area (Å²) in [6.45, 7) is 0.476. The van der Waals surface area contributed by atoms with Crippen LogP contribution in [0, 0.1) is 28.5 Å². The molecule has 0 amide bonds. The molecule has 0 spiro atoms. The van der Waals surface area contributed by atoms with Crippen LogP contribution in [0.15, 0.2) is 36.7 Å². The fraction of sp³-hybridized carbons (Fsp3) is 0.0769. The Bertz CT molecular complexity index is 629. The lowest BCUT2D eigenvalue weighted by atomic mass is 10.1. The van der Waals surface area contributed by atoms with E-state index in [0.29, 0.717) is 12.1 Å². The standard InChI is InChI=1S/C13H8FN3/c14-13-5-10(1-2-12(13)7-16)8-17-4-3-11(6-15)9-17/h1-5,9H,8H2. The van der Waals surface area contributed by atoms with Gasteiger partial charge >= 0.3 is 0 Å². The molecule has 0 fully saturated rings. The zero-order valence-corrected chi connectivity index (χ0v) is 8.89. The Morgan fingerprint density at radius 2 is 2.00 bits per heavy atom. The molecule has 2 aromatic rings. The number of hydrogen-bond donors (Lipinski definition) is 0. The van der Waals surface area contributed by atoms with E-state index in [9.17, 15) is 4.39 Å². The van der Waals surface area contributed by atoms with E-state index in [1.165, 1.54) is 12.1 Å². The minimum atomic E-state index is -0.516. The lowest BCUT2D eigenvalue weighted by Crippen LogP contribution is -1.97. The number of hydrogen-bond acceptors (Lipinski definition) is 2. The predicted molar refractivity (Wildman–Crippen MR) is 59.4 cm³/mol. The molecular weight excluding hydrogens is 217 g/mol. The van der Waals surface area contributed by atoms with Crippen LogP contribution in [0.25, 0.3) is 0 Å². The third-order valence-electron chi connectivity index (χ3n) is 2.40. The largest absolute Gasteiger partial charge is 0.349 e. The van der Waals surface area contributed by atoms with Gasteiger partial charge in [-0.05, 0) is 23.8 Å². The molecule has 3 nitrogen and oxygen atoms in total. The van der Waals surface area contributed by atoms with Crippen molar-refractivity contribution < 1.29 is 4.39 Å². The molecule has 0 N–H and O–H groups in total. The summed E-state index contributed by atoms with van der Waals surface area (Å²) in [4.78, 5) is 0. The highest BCUT2D eigenvalue weighted by Crippen LogP contribution is 2.11. The molecular formula is C13H8FN3. The van der Waals surface area contributed by atoms with Crippen LogP contribution in [0.4, 0.5) is 4.39 Å². The van der Waals surface area contributed by atoms with Gasteiger partial charge in [-0.2, -0.15) is 10.5 Å². The second-order valence-corrected chi connectivity index (χ2v) is 3.61. The molecule has 1 heterocycles. The molecule has 0 radical (unpaired) electrons. The van der Waals surface area contributed by atoms with E-state index in [4.69, 9.17) is 10.5 Å². The Balaban J connectivity index is 2.23. The smallest absolute Gasteiger partial charge is 0.141 e. The molecule has 0 saturated carbocycles. The van der Waals surface area contributed by atoms with Gasteiger partial charge in [-0.25, -0.2) is 4.39 Å². The Morgan fingerprint density at radius 1 is 1.18 bits per heavy atom. The molecule has 0 atom stereocenters. The number of nitrogens with zero attached hydrogens (tertiary/aromatic N) is 3. The van der Waals surface area contributed by atoms with Crippen LogP contribution in [0.2, 0.25) is 0 Å². The summed E-state index contributed by atoms with van der Waals surface area (Å²) in [5.41, 5.74) is 1.36. The maximum absolute atomic E-state index is 13.3. The van der Waals surface area contributed by atoms with E-state index in [1.54, 1.807) is 35.2 Å². The van der Waals surface area contributed by atoms with Crippen molar-refractivity contribution in [2.45, 2.75) is 6.54 Å². The maximum atomic E-state index is 13.3. The SMILES string of the molecule is N#Cc1ccn(Cc2ccc(C#N)c(F)c2)c1. The van der Waals surface area contributed by atoms with E-state index in [-0.39, 0.29) is 5.56 Å². The summed E-state index contributed by atoms with van der Waals surface area (Å²) >= 11 is 0. The third-order valence-corrected chi connectivity index (χ3v) is 2.40. The van der Waals surface area contributed by atoms with Gasteiger partial charge in [0.1, 0.15) is 18.0 Å². The number of benzene rings is 1. The molecule has 17 heavy (non-hydrogen) atoms. The summed E-state index contributed by atoms with van der Waals surface area (Å²) in [6.07, 6.45) is 3.45. The lowest BCUT2D eigenvalue weighted by molar-refractivity contribution is 0.619. The first kappa shape index (κ1) is 10.9. The number of nitriles is 2. The lowest BCUT2D eigenvalue weighted by Gasteiger charge is -2.03. The number of aromatic nitrogens is 1. The molecule has 1 aromatic heterocycles. The second-order valence-electron chi connectivity index (χ2n) is 3.61. The molecule has 0 bridgehead atoms. The van der Waals surface area contributed by atoms with Crippen molar-refractivity contribution in [3.05, 3.63) is 59.2 Å². The Hall–Kier alpha value is -2.59. The molecule has 0 unspecified atom stereocenters. The van der Waals surface area contributed by atoms with E-state index in [1.807, 2.05) is 6.07 Å². The van der Waals surface area contributed by atoms with Crippen molar-refractivity contribution in [1.82, 2.24) is 4.57 Å². The van der Waals surface area contributed by atoms with Gasteiger partial charge in [0.2, 0.25) is 0 Å². The fourth-order valence-electron chi connectivity index (χ4n) is 1.56. The highest BCUT2D eigenvalue weighted by atomic mass is 19.1. The molecule has 0 aliphatic carbocycles. The minimum absolute atomic E-state index is 0.0407. The topological polar surface area (TPSA) is 52.5 Å². The van der Waals surface area contributed by atoms with E-state index in [2.05, 4.69) is 0 Å². The van der Waals surface area contributed by atoms with Crippen molar-refractivity contribution in [3.63, 3.8) is 0 Å². The first-order chi connectivity index (χ1) is 8.22. The minimum Gasteiger partial charge on any atom is -0.349 e. The fourth-order valence-corrected chi connectivity index (χ4v) is 1.56. The highest BCUT2D eigenvalue weighted by Gasteiger charge is 2.03. The quantitative estimate of drug-likeness (QED) is 0.788. The van der Waals surface area contributed by atoms with Crippen LogP contribution in [-0.2, 0) is 6.54 Å². The highest BCUT2D eigenvalue weighted by molar-refractivity contribution is 5.34. The second kappa shape index (κ2) is 4.51. The van der Waals surface area contributed by atoms with E-state index >= 15 is 0 Å². The van der Waals surface area contributed by atoms with Crippen LogP contribution in [-0.4, -0.2) is 4.57 Å². The normalized spacial score (nSPS) is 9.59. The maximum Gasteiger partial charge on any atom is 0.141 e. The monoisotopic (exact) mass is 225 g/mol. The van der Waals surface area contributed by atoms with Crippen molar-refractivity contribution in [2.75, 3.05) is 0 Å². The van der Waals surface area contributed by atoms with Crippen LogP contribution in [0.5, 0.6) is 0 Å². The van der Waals surface area contributed by atoms with Gasteiger partial charge in [0.25, 0.3) is 0 Å². The summed E-state index contributed by atoms with van der Waals surface area (Å²) < 4.78 is 15.1. The van der Waals surface area contributed by atoms with Crippen LogP contribution < -0.4 is 0 Å². The molecule has 2 rings (SSSR count). The molecule has 0 aliphatic heterocycles. The summed E-state index contributed by atoms with van der Waals surface area (Å²) in [5, 5.41) is 17.3. The molecule has 1 aromatic carbocycles. The molecule has 4 heteroatoms. The zero-order chi connectivity index (χ0) is 12.3. The van der Waals surface area contributed by atoms with Crippen molar-refractivity contribution in [1.29, 1.82) is 10.5 Å². The molecule has 0 aliphatic rings. The first-order valence-electron chi connectivity index (χ1n) is 4.97. The van der Waals surface area contributed by atoms with Gasteiger partial charge in [-0.3, -0.25) is 0 Å². The van der Waals surface area contributed by atoms with Gasteiger partial charge in [0, 0.05) is 18.9 Å². The Morgan fingerprint density at radius 3 is 2.59 bits per heavy atom. The Labute approximate surface area is 98.0 Å². The predicted octanol–water partition coefficient (Wildman–Crippen LogP) is 2.42. The van der Waals surface area contributed by atoms with Gasteiger partial charge < -0.3 is 4.57 Å². The van der Waals surface area contributed by atoms with Crippen molar-refractivity contribution >= 4 is 0 Å². The van der Waals surface area contributed by atoms with Gasteiger partial charge in [0.05, 0.1) is 11.1 Å². The van der Waals surface area contributed by atoms with Crippen molar-refractivity contribution in [2.24, 2.45) is 0 Å². The van der Waals surface area contributed by atoms with Gasteiger partial charge in [-0.15, -0.1) is 0 Å². The average molecular weight is 225 g/mol. The first-order valence-corrected chi connectivity index (χ1v) is 4.97. The van der Waals surface area contributed by atoms with Gasteiger partial charge in [-0.1, -0.05) is 6.07 Å². The number of halogens is 1. The Kier molecular flexibility index (Phi) is 2.89. The van der Waals surface area contributed by atoms with E-state index < -0.39 is 5.82 Å². The van der Waals surface area contributed by atoms with Gasteiger partial charge in [0.15, 0.2) is 0 Å². The number of rotatable bonds is 2. The van der Waals surface area contributed by atoms with Crippen LogP contribution in [0.1, 0.15) is 16.7 Å². The molecule has 82 valence electrons. The average Bonchev–Trinajstić information content (AvgIpc) is 2.77.